The van der Waals surface area contributed by atoms with Crippen LogP contribution in [0.2, 0.25) is 0 Å². The second-order valence-corrected chi connectivity index (χ2v) is 8.32. The lowest BCUT2D eigenvalue weighted by molar-refractivity contribution is 0.408. The predicted molar refractivity (Wildman–Crippen MR) is 84.0 cm³/mol. The zero-order valence-electron chi connectivity index (χ0n) is 11.2. The van der Waals surface area contributed by atoms with Crippen molar-refractivity contribution in [2.75, 3.05) is 6.54 Å². The molecular formula is C14H16ClNO2S2. The van der Waals surface area contributed by atoms with E-state index >= 15 is 0 Å². The highest BCUT2D eigenvalue weighted by Crippen LogP contribution is 2.38. The summed E-state index contributed by atoms with van der Waals surface area (Å²) in [6.07, 6.45) is 1.86. The number of alkyl halides is 1. The van der Waals surface area contributed by atoms with Gasteiger partial charge in [0.1, 0.15) is 4.90 Å². The molecule has 1 aliphatic rings. The Balaban J connectivity index is 2.22. The molecule has 1 aromatic carbocycles. The van der Waals surface area contributed by atoms with Crippen LogP contribution in [0, 0.1) is 0 Å². The van der Waals surface area contributed by atoms with E-state index in [1.54, 1.807) is 4.31 Å². The van der Waals surface area contributed by atoms with Gasteiger partial charge in [0.2, 0.25) is 10.0 Å². The molecule has 20 heavy (non-hydrogen) atoms. The van der Waals surface area contributed by atoms with E-state index in [2.05, 4.69) is 0 Å². The van der Waals surface area contributed by atoms with Crippen molar-refractivity contribution >= 4 is 43.0 Å². The lowest BCUT2D eigenvalue weighted by atomic mass is 10.2. The van der Waals surface area contributed by atoms with Crippen molar-refractivity contribution in [1.29, 1.82) is 0 Å². The van der Waals surface area contributed by atoms with Gasteiger partial charge in [0, 0.05) is 27.5 Å². The van der Waals surface area contributed by atoms with Crippen LogP contribution in [0.25, 0.3) is 10.1 Å². The maximum atomic E-state index is 13.0. The van der Waals surface area contributed by atoms with Crippen LogP contribution in [0.1, 0.15) is 24.6 Å². The topological polar surface area (TPSA) is 37.4 Å². The highest BCUT2D eigenvalue weighted by Gasteiger charge is 2.35. The Morgan fingerprint density at radius 1 is 1.40 bits per heavy atom. The van der Waals surface area contributed by atoms with Crippen LogP contribution in [-0.2, 0) is 15.9 Å². The summed E-state index contributed by atoms with van der Waals surface area (Å²) in [6, 6.07) is 7.69. The molecule has 0 spiro atoms. The number of halogens is 1. The van der Waals surface area contributed by atoms with Crippen LogP contribution in [0.3, 0.4) is 0 Å². The molecule has 3 nitrogen and oxygen atoms in total. The van der Waals surface area contributed by atoms with Crippen molar-refractivity contribution < 1.29 is 8.42 Å². The predicted octanol–water partition coefficient (Wildman–Crippen LogP) is 3.81. The van der Waals surface area contributed by atoms with Crippen molar-refractivity contribution in [3.63, 3.8) is 0 Å². The number of thiophene rings is 1. The van der Waals surface area contributed by atoms with Gasteiger partial charge in [0.25, 0.3) is 0 Å². The molecule has 3 rings (SSSR count). The zero-order valence-corrected chi connectivity index (χ0v) is 13.6. The molecule has 1 atom stereocenters. The number of sulfonamides is 1. The standard InChI is InChI=1S/C14H16ClNO2S2/c1-10-5-4-8-16(10)20(17,18)14-11-6-2-3-7-12(11)19-13(14)9-15/h2-3,6-7,10H,4-5,8-9H2,1H3. The van der Waals surface area contributed by atoms with Crippen LogP contribution in [0.15, 0.2) is 29.2 Å². The largest absolute Gasteiger partial charge is 0.245 e. The average molecular weight is 330 g/mol. The van der Waals surface area contributed by atoms with E-state index in [1.807, 2.05) is 31.2 Å². The molecule has 1 aliphatic heterocycles. The van der Waals surface area contributed by atoms with Crippen molar-refractivity contribution in [1.82, 2.24) is 4.31 Å². The van der Waals surface area contributed by atoms with Gasteiger partial charge in [-0.2, -0.15) is 4.31 Å². The van der Waals surface area contributed by atoms with E-state index in [0.717, 1.165) is 27.8 Å². The molecule has 1 fully saturated rings. The molecule has 2 aromatic rings. The summed E-state index contributed by atoms with van der Waals surface area (Å²) in [4.78, 5) is 1.16. The fourth-order valence-corrected chi connectivity index (χ4v) is 6.65. The first-order valence-electron chi connectivity index (χ1n) is 6.64. The average Bonchev–Trinajstić information content (AvgIpc) is 3.01. The van der Waals surface area contributed by atoms with Crippen LogP contribution in [0.5, 0.6) is 0 Å². The molecule has 1 saturated heterocycles. The fourth-order valence-electron chi connectivity index (χ4n) is 2.82. The Morgan fingerprint density at radius 2 is 2.15 bits per heavy atom. The summed E-state index contributed by atoms with van der Waals surface area (Å²) in [5.41, 5.74) is 0. The van der Waals surface area contributed by atoms with E-state index in [1.165, 1.54) is 11.3 Å². The Hall–Kier alpha value is -0.620. The van der Waals surface area contributed by atoms with Gasteiger partial charge in [-0.1, -0.05) is 18.2 Å². The summed E-state index contributed by atoms with van der Waals surface area (Å²) >= 11 is 7.45. The van der Waals surface area contributed by atoms with E-state index in [-0.39, 0.29) is 11.9 Å². The highest BCUT2D eigenvalue weighted by atomic mass is 35.5. The first-order valence-corrected chi connectivity index (χ1v) is 9.43. The molecular weight excluding hydrogens is 314 g/mol. The summed E-state index contributed by atoms with van der Waals surface area (Å²) in [5, 5.41) is 0.798. The summed E-state index contributed by atoms with van der Waals surface area (Å²) < 4.78 is 28.5. The Bertz CT molecular complexity index is 739. The summed E-state index contributed by atoms with van der Waals surface area (Å²) in [6.45, 7) is 2.58. The fraction of sp³-hybridized carbons (Fsp3) is 0.429. The second-order valence-electron chi connectivity index (χ2n) is 5.09. The van der Waals surface area contributed by atoms with Gasteiger partial charge in [-0.25, -0.2) is 8.42 Å². The molecule has 1 unspecified atom stereocenters. The van der Waals surface area contributed by atoms with E-state index in [4.69, 9.17) is 11.6 Å². The monoisotopic (exact) mass is 329 g/mol. The number of nitrogens with zero attached hydrogens (tertiary/aromatic N) is 1. The summed E-state index contributed by atoms with van der Waals surface area (Å²) in [5.74, 6) is 0.232. The van der Waals surface area contributed by atoms with Crippen molar-refractivity contribution in [2.24, 2.45) is 0 Å². The molecule has 0 amide bonds. The minimum atomic E-state index is -3.45. The number of hydrogen-bond acceptors (Lipinski definition) is 3. The molecule has 6 heteroatoms. The quantitative estimate of drug-likeness (QED) is 0.803. The number of fused-ring (bicyclic) bond motifs is 1. The Labute approximate surface area is 128 Å². The molecule has 0 bridgehead atoms. The minimum absolute atomic E-state index is 0.0711. The van der Waals surface area contributed by atoms with Gasteiger partial charge in [-0.3, -0.25) is 0 Å². The molecule has 0 aliphatic carbocycles. The van der Waals surface area contributed by atoms with Crippen LogP contribution >= 0.6 is 22.9 Å². The lowest BCUT2D eigenvalue weighted by Crippen LogP contribution is -2.33. The maximum Gasteiger partial charge on any atom is 0.245 e. The highest BCUT2D eigenvalue weighted by molar-refractivity contribution is 7.89. The second kappa shape index (κ2) is 5.30. The minimum Gasteiger partial charge on any atom is -0.207 e. The van der Waals surface area contributed by atoms with E-state index in [0.29, 0.717) is 11.4 Å². The number of benzene rings is 1. The van der Waals surface area contributed by atoms with E-state index in [9.17, 15) is 8.42 Å². The van der Waals surface area contributed by atoms with Crippen molar-refractivity contribution in [3.05, 3.63) is 29.1 Å². The Morgan fingerprint density at radius 3 is 2.80 bits per heavy atom. The van der Waals surface area contributed by atoms with Gasteiger partial charge < -0.3 is 0 Å². The van der Waals surface area contributed by atoms with Gasteiger partial charge in [0.05, 0.1) is 5.88 Å². The third kappa shape index (κ3) is 2.17. The first kappa shape index (κ1) is 14.3. The lowest BCUT2D eigenvalue weighted by Gasteiger charge is -2.21. The van der Waals surface area contributed by atoms with Crippen LogP contribution in [0.4, 0.5) is 0 Å². The Kier molecular flexibility index (Phi) is 3.79. The maximum absolute atomic E-state index is 13.0. The molecule has 2 heterocycles. The van der Waals surface area contributed by atoms with E-state index < -0.39 is 10.0 Å². The molecule has 1 aromatic heterocycles. The van der Waals surface area contributed by atoms with Gasteiger partial charge in [-0.05, 0) is 25.8 Å². The molecule has 0 saturated carbocycles. The smallest absolute Gasteiger partial charge is 0.207 e. The van der Waals surface area contributed by atoms with Crippen molar-refractivity contribution in [2.45, 2.75) is 36.6 Å². The third-order valence-corrected chi connectivity index (χ3v) is 7.67. The third-order valence-electron chi connectivity index (χ3n) is 3.80. The van der Waals surface area contributed by atoms with Gasteiger partial charge >= 0.3 is 0 Å². The number of hydrogen-bond donors (Lipinski definition) is 0. The molecule has 108 valence electrons. The van der Waals surface area contributed by atoms with Gasteiger partial charge in [-0.15, -0.1) is 22.9 Å². The normalized spacial score (nSPS) is 20.8. The van der Waals surface area contributed by atoms with Crippen LogP contribution < -0.4 is 0 Å². The SMILES string of the molecule is CC1CCCN1S(=O)(=O)c1c(CCl)sc2ccccc12. The molecule has 0 radical (unpaired) electrons. The molecule has 0 N–H and O–H groups in total. The van der Waals surface area contributed by atoms with Crippen LogP contribution in [-0.4, -0.2) is 25.3 Å². The van der Waals surface area contributed by atoms with Crippen molar-refractivity contribution in [3.8, 4) is 0 Å². The van der Waals surface area contributed by atoms with Gasteiger partial charge in [0.15, 0.2) is 0 Å². The zero-order chi connectivity index (χ0) is 14.3. The first-order chi connectivity index (χ1) is 9.55. The summed E-state index contributed by atoms with van der Waals surface area (Å²) in [7, 11) is -3.45. The number of rotatable bonds is 3.